The van der Waals surface area contributed by atoms with Crippen molar-refractivity contribution in [2.24, 2.45) is 0 Å². The van der Waals surface area contributed by atoms with Gasteiger partial charge in [-0.1, -0.05) is 72.8 Å². The fraction of sp³-hybridized carbons (Fsp3) is 0. The summed E-state index contributed by atoms with van der Waals surface area (Å²) in [5.74, 6) is 0. The van der Waals surface area contributed by atoms with Crippen LogP contribution in [0.1, 0.15) is 22.3 Å². The van der Waals surface area contributed by atoms with Crippen molar-refractivity contribution < 1.29 is 0 Å². The first-order valence-corrected chi connectivity index (χ1v) is 13.0. The van der Waals surface area contributed by atoms with Crippen LogP contribution in [0.25, 0.3) is 11.1 Å². The molecule has 0 saturated carbocycles. The van der Waals surface area contributed by atoms with Gasteiger partial charge in [0.25, 0.3) is 0 Å². The molecule has 180 valence electrons. The third-order valence-electron chi connectivity index (χ3n) is 6.37. The van der Waals surface area contributed by atoms with Gasteiger partial charge in [-0.05, 0) is 48.5 Å². The van der Waals surface area contributed by atoms with E-state index in [-0.39, 0.29) is 0 Å². The van der Waals surface area contributed by atoms with Crippen LogP contribution < -0.4 is 0 Å². The molecule has 0 aromatic heterocycles. The first kappa shape index (κ1) is 24.7. The Morgan fingerprint density at radius 1 is 0.342 bits per heavy atom. The number of benzene rings is 4. The maximum Gasteiger partial charge on any atom is 0.105 e. The van der Waals surface area contributed by atoms with E-state index in [2.05, 4.69) is 183 Å². The Kier molecular flexibility index (Phi) is 8.37. The number of hydrogen-bond donors (Lipinski definition) is 0. The fourth-order valence-corrected chi connectivity index (χ4v) is 4.63. The molecular formula is C38H30+2. The number of hydrogen-bond acceptors (Lipinski definition) is 0. The van der Waals surface area contributed by atoms with Crippen molar-refractivity contribution in [2.75, 3.05) is 0 Å². The van der Waals surface area contributed by atoms with Crippen LogP contribution in [0, 0.1) is 12.8 Å². The smallest absolute Gasteiger partial charge is 0.0622 e. The molecule has 2 aliphatic carbocycles. The van der Waals surface area contributed by atoms with Gasteiger partial charge in [0.2, 0.25) is 0 Å². The average Bonchev–Trinajstić information content (AvgIpc) is 3.01. The summed E-state index contributed by atoms with van der Waals surface area (Å²) in [5, 5.41) is 0. The lowest BCUT2D eigenvalue weighted by Crippen LogP contribution is -1.94. The van der Waals surface area contributed by atoms with Gasteiger partial charge in [-0.3, -0.25) is 0 Å². The van der Waals surface area contributed by atoms with Gasteiger partial charge in [0.05, 0.1) is 11.1 Å². The van der Waals surface area contributed by atoms with E-state index in [9.17, 15) is 0 Å². The Morgan fingerprint density at radius 2 is 0.632 bits per heavy atom. The predicted molar refractivity (Wildman–Crippen MR) is 163 cm³/mol. The molecule has 0 amide bonds. The highest BCUT2D eigenvalue weighted by Gasteiger charge is 2.17. The van der Waals surface area contributed by atoms with Crippen molar-refractivity contribution >= 4 is 11.1 Å². The second-order valence-electron chi connectivity index (χ2n) is 8.95. The monoisotopic (exact) mass is 486 g/mol. The van der Waals surface area contributed by atoms with Gasteiger partial charge in [-0.15, -0.1) is 0 Å². The van der Waals surface area contributed by atoms with Gasteiger partial charge in [0, 0.05) is 83.7 Å². The third-order valence-corrected chi connectivity index (χ3v) is 6.37. The Morgan fingerprint density at radius 3 is 0.868 bits per heavy atom. The lowest BCUT2D eigenvalue weighted by molar-refractivity contribution is 1.46. The zero-order chi connectivity index (χ0) is 25.8. The molecule has 4 aromatic carbocycles. The first-order valence-electron chi connectivity index (χ1n) is 13.0. The molecule has 0 heterocycles. The highest BCUT2D eigenvalue weighted by atomic mass is 14.1. The topological polar surface area (TPSA) is 0 Å². The Balaban J connectivity index is 0.000000155. The van der Waals surface area contributed by atoms with E-state index in [1.165, 1.54) is 44.5 Å². The van der Waals surface area contributed by atoms with Gasteiger partial charge in [-0.2, -0.15) is 0 Å². The second-order valence-corrected chi connectivity index (χ2v) is 8.95. The quantitative estimate of drug-likeness (QED) is 0.252. The fourth-order valence-electron chi connectivity index (χ4n) is 4.63. The molecule has 0 radical (unpaired) electrons. The highest BCUT2D eigenvalue weighted by Crippen LogP contribution is 2.31. The Labute approximate surface area is 227 Å². The minimum Gasteiger partial charge on any atom is -0.0622 e. The van der Waals surface area contributed by atoms with Crippen LogP contribution in [-0.2, 0) is 0 Å². The molecule has 4 aromatic rings. The maximum atomic E-state index is 2.16. The summed E-state index contributed by atoms with van der Waals surface area (Å²) in [6.07, 6.45) is 21.1. The van der Waals surface area contributed by atoms with Crippen LogP contribution >= 0.6 is 0 Å². The molecule has 0 N–H and O–H groups in total. The van der Waals surface area contributed by atoms with Crippen molar-refractivity contribution in [3.8, 4) is 0 Å². The van der Waals surface area contributed by atoms with Crippen molar-refractivity contribution in [3.05, 3.63) is 216 Å². The van der Waals surface area contributed by atoms with E-state index < -0.39 is 0 Å². The molecule has 38 heavy (non-hydrogen) atoms. The van der Waals surface area contributed by atoms with Crippen molar-refractivity contribution in [1.82, 2.24) is 0 Å². The van der Waals surface area contributed by atoms with Crippen LogP contribution in [0.15, 0.2) is 181 Å². The number of rotatable bonds is 4. The van der Waals surface area contributed by atoms with Crippen molar-refractivity contribution in [2.45, 2.75) is 0 Å². The van der Waals surface area contributed by atoms with Crippen LogP contribution in [-0.4, -0.2) is 0 Å². The molecule has 0 spiro atoms. The summed E-state index contributed by atoms with van der Waals surface area (Å²) in [7, 11) is 0. The van der Waals surface area contributed by atoms with Gasteiger partial charge >= 0.3 is 0 Å². The molecule has 2 aliphatic rings. The van der Waals surface area contributed by atoms with E-state index in [4.69, 9.17) is 0 Å². The molecule has 0 saturated heterocycles. The zero-order valence-electron chi connectivity index (χ0n) is 21.3. The lowest BCUT2D eigenvalue weighted by atomic mass is 9.90. The second kappa shape index (κ2) is 12.9. The summed E-state index contributed by atoms with van der Waals surface area (Å²) in [6.45, 7) is 0. The highest BCUT2D eigenvalue weighted by molar-refractivity contribution is 5.86. The Bertz CT molecular complexity index is 1290. The Hall–Kier alpha value is -4.94. The van der Waals surface area contributed by atoms with Gasteiger partial charge in [0.1, 0.15) is 11.1 Å². The summed E-state index contributed by atoms with van der Waals surface area (Å²) in [4.78, 5) is 0. The third kappa shape index (κ3) is 6.24. The average molecular weight is 487 g/mol. The van der Waals surface area contributed by atoms with Gasteiger partial charge in [-0.25, -0.2) is 0 Å². The number of allylic oxidation sites excluding steroid dienone is 10. The normalized spacial score (nSPS) is 13.2. The predicted octanol–water partition coefficient (Wildman–Crippen LogP) is 9.64. The summed E-state index contributed by atoms with van der Waals surface area (Å²) >= 11 is 0. The zero-order valence-corrected chi connectivity index (χ0v) is 21.3. The molecule has 0 fully saturated rings. The van der Waals surface area contributed by atoms with E-state index in [0.717, 1.165) is 0 Å². The minimum absolute atomic E-state index is 1.25. The van der Waals surface area contributed by atoms with Crippen LogP contribution in [0.5, 0.6) is 0 Å². The maximum absolute atomic E-state index is 2.16. The minimum atomic E-state index is 1.25. The summed E-state index contributed by atoms with van der Waals surface area (Å²) in [6, 6.07) is 42.2. The van der Waals surface area contributed by atoms with Crippen molar-refractivity contribution in [3.63, 3.8) is 0 Å². The van der Waals surface area contributed by atoms with Crippen LogP contribution in [0.2, 0.25) is 0 Å². The molecule has 0 bridgehead atoms. The lowest BCUT2D eigenvalue weighted by Gasteiger charge is -2.08. The largest absolute Gasteiger partial charge is 0.105 e. The van der Waals surface area contributed by atoms with E-state index in [1.807, 2.05) is 0 Å². The standard InChI is InChI=1S/2C19H15/c2*1-4-10-16(11-5-1)19(17-12-6-2-7-13-17)18-14-8-3-9-15-18/h2*1-15H/q2*+1. The van der Waals surface area contributed by atoms with Gasteiger partial charge < -0.3 is 0 Å². The first-order chi connectivity index (χ1) is 18.9. The summed E-state index contributed by atoms with van der Waals surface area (Å²) < 4.78 is 0. The van der Waals surface area contributed by atoms with Crippen molar-refractivity contribution in [1.29, 1.82) is 0 Å². The molecule has 6 rings (SSSR count). The van der Waals surface area contributed by atoms with Crippen LogP contribution in [0.3, 0.4) is 0 Å². The van der Waals surface area contributed by atoms with E-state index >= 15 is 0 Å². The van der Waals surface area contributed by atoms with Gasteiger partial charge in [0.15, 0.2) is 0 Å². The van der Waals surface area contributed by atoms with E-state index in [1.54, 1.807) is 0 Å². The summed E-state index contributed by atoms with van der Waals surface area (Å²) in [5.41, 5.74) is 10.1. The van der Waals surface area contributed by atoms with Crippen LogP contribution in [0.4, 0.5) is 0 Å². The molecule has 0 atom stereocenters. The molecule has 0 heteroatoms. The molecule has 0 aliphatic heterocycles. The molecule has 0 unspecified atom stereocenters. The van der Waals surface area contributed by atoms with E-state index in [0.29, 0.717) is 0 Å². The SMILES string of the molecule is C1=C[CH+]C(=C(c2ccccc2)c2ccccc2)C=C1.C1=C[CH+]C(=C(c2ccccc2)c2ccccc2)C=C1. The molecular weight excluding hydrogens is 456 g/mol. The molecule has 0 nitrogen and oxygen atoms in total.